The molecule has 0 unspecified atom stereocenters. The predicted molar refractivity (Wildman–Crippen MR) is 117 cm³/mol. The maximum Gasteiger partial charge on any atom is 0.252 e. The normalized spacial score (nSPS) is 15.2. The summed E-state index contributed by atoms with van der Waals surface area (Å²) in [5.74, 6) is 0.420. The Hall–Kier alpha value is -2.54. The van der Waals surface area contributed by atoms with Gasteiger partial charge in [-0.2, -0.15) is 0 Å². The van der Waals surface area contributed by atoms with Crippen molar-refractivity contribution in [2.45, 2.75) is 32.4 Å². The van der Waals surface area contributed by atoms with Crippen molar-refractivity contribution in [3.63, 3.8) is 0 Å². The first-order chi connectivity index (χ1) is 14.0. The molecule has 2 radical (unpaired) electrons. The van der Waals surface area contributed by atoms with Crippen LogP contribution in [0.5, 0.6) is 0 Å². The van der Waals surface area contributed by atoms with Gasteiger partial charge >= 0.3 is 0 Å². The minimum Gasteiger partial charge on any atom is -0.437 e. The van der Waals surface area contributed by atoms with Gasteiger partial charge in [-0.05, 0) is 49.5 Å². The molecule has 1 amide bonds. The van der Waals surface area contributed by atoms with E-state index >= 15 is 0 Å². The van der Waals surface area contributed by atoms with Crippen molar-refractivity contribution in [2.75, 3.05) is 32.4 Å². The smallest absolute Gasteiger partial charge is 0.252 e. The molecule has 29 heavy (non-hydrogen) atoms. The fourth-order valence-electron chi connectivity index (χ4n) is 3.80. The van der Waals surface area contributed by atoms with Crippen LogP contribution in [-0.4, -0.2) is 55.4 Å². The van der Waals surface area contributed by atoms with Gasteiger partial charge in [-0.25, -0.2) is 0 Å². The number of pyridine rings is 1. The molecule has 1 aliphatic heterocycles. The summed E-state index contributed by atoms with van der Waals surface area (Å²) >= 11 is 0. The highest BCUT2D eigenvalue weighted by atomic mass is 16.2. The molecule has 152 valence electrons. The molecule has 7 heteroatoms. The Morgan fingerprint density at radius 1 is 1.14 bits per heavy atom. The summed E-state index contributed by atoms with van der Waals surface area (Å²) in [5.41, 5.74) is 3.04. The lowest BCUT2D eigenvalue weighted by Crippen LogP contribution is -2.39. The molecular formula is C22H29BN4O2. The van der Waals surface area contributed by atoms with E-state index < -0.39 is 0 Å². The zero-order valence-corrected chi connectivity index (χ0v) is 17.3. The van der Waals surface area contributed by atoms with E-state index in [0.29, 0.717) is 12.2 Å². The van der Waals surface area contributed by atoms with Gasteiger partial charge in [-0.3, -0.25) is 14.5 Å². The van der Waals surface area contributed by atoms with Gasteiger partial charge in [0.2, 0.25) is 13.9 Å². The summed E-state index contributed by atoms with van der Waals surface area (Å²) in [5, 5.41) is 2.49. The van der Waals surface area contributed by atoms with E-state index in [1.165, 1.54) is 17.2 Å². The van der Waals surface area contributed by atoms with Crippen molar-refractivity contribution in [3.05, 3.63) is 64.1 Å². The van der Waals surface area contributed by atoms with Crippen LogP contribution in [0, 0.1) is 5.92 Å². The van der Waals surface area contributed by atoms with Crippen LogP contribution in [0.25, 0.3) is 0 Å². The van der Waals surface area contributed by atoms with Gasteiger partial charge in [0.05, 0.1) is 0 Å². The predicted octanol–water partition coefficient (Wildman–Crippen LogP) is 1.89. The molecule has 1 fully saturated rings. The van der Waals surface area contributed by atoms with Crippen LogP contribution in [-0.2, 0) is 24.3 Å². The van der Waals surface area contributed by atoms with Crippen LogP contribution < -0.4 is 10.8 Å². The second kappa shape index (κ2) is 9.79. The summed E-state index contributed by atoms with van der Waals surface area (Å²) in [6.45, 7) is 3.47. The van der Waals surface area contributed by atoms with Gasteiger partial charge in [0.1, 0.15) is 0 Å². The molecule has 0 aliphatic carbocycles. The van der Waals surface area contributed by atoms with E-state index in [1.54, 1.807) is 21.7 Å². The van der Waals surface area contributed by atoms with Crippen molar-refractivity contribution >= 4 is 19.6 Å². The number of benzene rings is 1. The maximum atomic E-state index is 12.1. The number of nitrogens with one attached hydrogen (secondary N) is 1. The molecule has 1 aliphatic rings. The number of aryl methyl sites for hydroxylation is 2. The third kappa shape index (κ3) is 5.73. The SMILES string of the molecule is [B]Nc1ccn(CCc2ccc(CN3CCC(C(=O)N(C)C)CC3)cc2)c(=O)c1. The third-order valence-corrected chi connectivity index (χ3v) is 5.61. The highest BCUT2D eigenvalue weighted by Crippen LogP contribution is 2.20. The number of nitrogens with zero attached hydrogens (tertiary/aromatic N) is 3. The third-order valence-electron chi connectivity index (χ3n) is 5.61. The minimum atomic E-state index is -0.0618. The Morgan fingerprint density at radius 3 is 2.38 bits per heavy atom. The summed E-state index contributed by atoms with van der Waals surface area (Å²) in [6.07, 6.45) is 4.43. The van der Waals surface area contributed by atoms with Crippen molar-refractivity contribution in [1.29, 1.82) is 0 Å². The van der Waals surface area contributed by atoms with Crippen LogP contribution in [0.15, 0.2) is 47.4 Å². The summed E-state index contributed by atoms with van der Waals surface area (Å²) in [4.78, 5) is 28.3. The van der Waals surface area contributed by atoms with Crippen LogP contribution in [0.2, 0.25) is 0 Å². The summed E-state index contributed by atoms with van der Waals surface area (Å²) in [6, 6.07) is 11.9. The number of hydrogen-bond acceptors (Lipinski definition) is 4. The maximum absolute atomic E-state index is 12.1. The Labute approximate surface area is 173 Å². The van der Waals surface area contributed by atoms with Crippen LogP contribution in [0.3, 0.4) is 0 Å². The molecule has 1 aromatic heterocycles. The number of rotatable bonds is 7. The summed E-state index contributed by atoms with van der Waals surface area (Å²) < 4.78 is 1.69. The molecule has 1 N–H and O–H groups in total. The molecule has 0 bridgehead atoms. The fourth-order valence-corrected chi connectivity index (χ4v) is 3.80. The van der Waals surface area contributed by atoms with E-state index in [-0.39, 0.29) is 17.4 Å². The Bertz CT molecular complexity index is 871. The fraction of sp³-hybridized carbons (Fsp3) is 0.455. The number of anilines is 1. The lowest BCUT2D eigenvalue weighted by Gasteiger charge is -2.32. The molecule has 2 heterocycles. The zero-order valence-electron chi connectivity index (χ0n) is 17.3. The quantitative estimate of drug-likeness (QED) is 0.732. The largest absolute Gasteiger partial charge is 0.437 e. The lowest BCUT2D eigenvalue weighted by molar-refractivity contribution is -0.134. The lowest BCUT2D eigenvalue weighted by atomic mass is 9.95. The topological polar surface area (TPSA) is 57.6 Å². The van der Waals surface area contributed by atoms with Crippen LogP contribution in [0.4, 0.5) is 5.69 Å². The molecule has 0 spiro atoms. The average molecular weight is 392 g/mol. The van der Waals surface area contributed by atoms with Gasteiger partial charge in [0, 0.05) is 51.1 Å². The molecule has 2 aromatic rings. The van der Waals surface area contributed by atoms with E-state index in [0.717, 1.165) is 38.9 Å². The second-order valence-electron chi connectivity index (χ2n) is 7.94. The summed E-state index contributed by atoms with van der Waals surface area (Å²) in [7, 11) is 8.99. The number of likely N-dealkylation sites (tertiary alicyclic amines) is 1. The first kappa shape index (κ1) is 21.2. The molecule has 6 nitrogen and oxygen atoms in total. The van der Waals surface area contributed by atoms with E-state index in [1.807, 2.05) is 14.1 Å². The number of aromatic nitrogens is 1. The first-order valence-corrected chi connectivity index (χ1v) is 10.1. The molecular weight excluding hydrogens is 363 g/mol. The zero-order chi connectivity index (χ0) is 20.8. The second-order valence-corrected chi connectivity index (χ2v) is 7.94. The Kier molecular flexibility index (Phi) is 7.15. The standard InChI is InChI=1S/C22H29BN4O2/c1-25(2)22(29)19-8-11-26(12-9-19)16-18-5-3-17(4-6-18)7-13-27-14-10-20(24-23)15-21(27)28/h3-6,10,14-15,19,24H,7-9,11-13,16H2,1-2H3. The van der Waals surface area contributed by atoms with E-state index in [2.05, 4.69) is 34.4 Å². The number of piperidine rings is 1. The van der Waals surface area contributed by atoms with Gasteiger partial charge in [0.25, 0.3) is 5.56 Å². The van der Waals surface area contributed by atoms with Crippen molar-refractivity contribution in [1.82, 2.24) is 14.4 Å². The van der Waals surface area contributed by atoms with Gasteiger partial charge in [-0.1, -0.05) is 24.3 Å². The molecule has 1 aromatic carbocycles. The Morgan fingerprint density at radius 2 is 1.79 bits per heavy atom. The van der Waals surface area contributed by atoms with Crippen LogP contribution in [0.1, 0.15) is 24.0 Å². The van der Waals surface area contributed by atoms with Crippen LogP contribution >= 0.6 is 0 Å². The number of carbonyl (C=O) groups excluding carboxylic acids is 1. The van der Waals surface area contributed by atoms with Gasteiger partial charge in [0.15, 0.2) is 0 Å². The minimum absolute atomic E-state index is 0.0618. The van der Waals surface area contributed by atoms with Crippen molar-refractivity contribution in [2.24, 2.45) is 5.92 Å². The first-order valence-electron chi connectivity index (χ1n) is 10.1. The van der Waals surface area contributed by atoms with E-state index in [4.69, 9.17) is 7.98 Å². The van der Waals surface area contributed by atoms with E-state index in [9.17, 15) is 9.59 Å². The highest BCUT2D eigenvalue weighted by Gasteiger charge is 2.25. The monoisotopic (exact) mass is 392 g/mol. The Balaban J connectivity index is 1.48. The number of amides is 1. The van der Waals surface area contributed by atoms with Crippen molar-refractivity contribution in [3.8, 4) is 0 Å². The molecule has 3 rings (SSSR count). The number of carbonyl (C=O) groups is 1. The molecule has 0 saturated carbocycles. The highest BCUT2D eigenvalue weighted by molar-refractivity contribution is 6.15. The van der Waals surface area contributed by atoms with Gasteiger partial charge < -0.3 is 14.7 Å². The van der Waals surface area contributed by atoms with Crippen molar-refractivity contribution < 1.29 is 4.79 Å². The molecule has 1 saturated heterocycles. The average Bonchev–Trinajstić information content (AvgIpc) is 2.73. The number of hydrogen-bond donors (Lipinski definition) is 1. The molecule has 0 atom stereocenters. The van der Waals surface area contributed by atoms with Gasteiger partial charge in [-0.15, -0.1) is 0 Å².